The molecule has 22 heavy (non-hydrogen) atoms. The number of fused-ring (bicyclic) bond motifs is 1. The number of ether oxygens (including phenoxy) is 2. The summed E-state index contributed by atoms with van der Waals surface area (Å²) in [5.74, 6) is 0.733. The first kappa shape index (κ1) is 15.1. The third-order valence-electron chi connectivity index (χ3n) is 4.03. The van der Waals surface area contributed by atoms with Crippen molar-refractivity contribution >= 4 is 27.7 Å². The molecule has 6 nitrogen and oxygen atoms in total. The maximum absolute atomic E-state index is 12.6. The highest BCUT2D eigenvalue weighted by atomic mass is 79.9. The Hall–Kier alpha value is -1.76. The maximum Gasteiger partial charge on any atom is 0.254 e. The smallest absolute Gasteiger partial charge is 0.254 e. The van der Waals surface area contributed by atoms with Crippen LogP contribution in [0.1, 0.15) is 23.2 Å². The number of nitrogens with two attached hydrogens (primary N) is 1. The predicted octanol–water partition coefficient (Wildman–Crippen LogP) is 1.56. The summed E-state index contributed by atoms with van der Waals surface area (Å²) < 4.78 is 11.8. The first-order valence-corrected chi connectivity index (χ1v) is 8.03. The predicted molar refractivity (Wildman–Crippen MR) is 83.0 cm³/mol. The highest BCUT2D eigenvalue weighted by Crippen LogP contribution is 2.39. The summed E-state index contributed by atoms with van der Waals surface area (Å²) in [4.78, 5) is 25.5. The minimum Gasteiger partial charge on any atom is -0.486 e. The summed E-state index contributed by atoms with van der Waals surface area (Å²) in [6.45, 7) is 2.05. The molecule has 0 atom stereocenters. The summed E-state index contributed by atoms with van der Waals surface area (Å²) >= 11 is 3.42. The molecule has 0 bridgehead atoms. The Labute approximate surface area is 136 Å². The van der Waals surface area contributed by atoms with Crippen molar-refractivity contribution in [2.24, 2.45) is 11.7 Å². The maximum atomic E-state index is 12.6. The van der Waals surface area contributed by atoms with E-state index in [0.717, 1.165) is 0 Å². The molecule has 3 rings (SSSR count). The minimum absolute atomic E-state index is 0.0689. The first-order chi connectivity index (χ1) is 10.6. The zero-order valence-corrected chi connectivity index (χ0v) is 13.6. The Morgan fingerprint density at radius 1 is 1.18 bits per heavy atom. The zero-order chi connectivity index (χ0) is 15.7. The number of benzene rings is 1. The van der Waals surface area contributed by atoms with E-state index in [2.05, 4.69) is 15.9 Å². The zero-order valence-electron chi connectivity index (χ0n) is 12.0. The van der Waals surface area contributed by atoms with Crippen LogP contribution in [0.15, 0.2) is 16.6 Å². The van der Waals surface area contributed by atoms with Gasteiger partial charge in [0, 0.05) is 24.6 Å². The molecule has 1 aromatic carbocycles. The van der Waals surface area contributed by atoms with Crippen molar-refractivity contribution in [1.29, 1.82) is 0 Å². The van der Waals surface area contributed by atoms with E-state index in [1.54, 1.807) is 17.0 Å². The van der Waals surface area contributed by atoms with Crippen molar-refractivity contribution in [3.05, 3.63) is 22.2 Å². The van der Waals surface area contributed by atoms with Gasteiger partial charge < -0.3 is 20.1 Å². The minimum atomic E-state index is -0.283. The Bertz CT molecular complexity index is 612. The third-order valence-corrected chi connectivity index (χ3v) is 4.62. The fraction of sp³-hybridized carbons (Fsp3) is 0.467. The molecule has 0 aliphatic carbocycles. The van der Waals surface area contributed by atoms with E-state index in [1.807, 2.05) is 0 Å². The van der Waals surface area contributed by atoms with Crippen LogP contribution in [0.4, 0.5) is 0 Å². The molecule has 1 aromatic rings. The lowest BCUT2D eigenvalue weighted by Crippen LogP contribution is -2.41. The average molecular weight is 369 g/mol. The van der Waals surface area contributed by atoms with Gasteiger partial charge in [0.05, 0.1) is 4.47 Å². The van der Waals surface area contributed by atoms with Gasteiger partial charge in [0.15, 0.2) is 11.5 Å². The quantitative estimate of drug-likeness (QED) is 0.858. The number of hydrogen-bond donors (Lipinski definition) is 1. The van der Waals surface area contributed by atoms with Crippen molar-refractivity contribution in [2.75, 3.05) is 26.3 Å². The molecular formula is C15H17BrN2O4. The number of hydrogen-bond acceptors (Lipinski definition) is 4. The number of primary amides is 1. The van der Waals surface area contributed by atoms with E-state index < -0.39 is 0 Å². The molecule has 1 fully saturated rings. The molecule has 118 valence electrons. The van der Waals surface area contributed by atoms with E-state index in [4.69, 9.17) is 15.2 Å². The van der Waals surface area contributed by atoms with Gasteiger partial charge in [0.1, 0.15) is 13.2 Å². The van der Waals surface area contributed by atoms with Crippen LogP contribution < -0.4 is 15.2 Å². The van der Waals surface area contributed by atoms with Crippen LogP contribution in [0, 0.1) is 5.92 Å². The second-order valence-corrected chi connectivity index (χ2v) is 6.31. The Kier molecular flexibility index (Phi) is 4.24. The van der Waals surface area contributed by atoms with Crippen LogP contribution in [-0.2, 0) is 4.79 Å². The van der Waals surface area contributed by atoms with Crippen LogP contribution in [0.2, 0.25) is 0 Å². The largest absolute Gasteiger partial charge is 0.486 e. The lowest BCUT2D eigenvalue weighted by molar-refractivity contribution is -0.123. The molecule has 0 aromatic heterocycles. The van der Waals surface area contributed by atoms with Gasteiger partial charge in [0.25, 0.3) is 5.91 Å². The van der Waals surface area contributed by atoms with Crippen molar-refractivity contribution < 1.29 is 19.1 Å². The van der Waals surface area contributed by atoms with Crippen LogP contribution in [0.25, 0.3) is 0 Å². The molecule has 0 radical (unpaired) electrons. The van der Waals surface area contributed by atoms with Gasteiger partial charge in [-0.05, 0) is 40.9 Å². The van der Waals surface area contributed by atoms with E-state index in [0.29, 0.717) is 60.7 Å². The fourth-order valence-electron chi connectivity index (χ4n) is 2.78. The second-order valence-electron chi connectivity index (χ2n) is 5.45. The molecule has 0 unspecified atom stereocenters. The van der Waals surface area contributed by atoms with E-state index in [-0.39, 0.29) is 17.7 Å². The number of carbonyl (C=O) groups excluding carboxylic acids is 2. The number of rotatable bonds is 2. The highest BCUT2D eigenvalue weighted by Gasteiger charge is 2.28. The van der Waals surface area contributed by atoms with E-state index in [9.17, 15) is 9.59 Å². The number of amides is 2. The number of halogens is 1. The van der Waals surface area contributed by atoms with Gasteiger partial charge in [-0.25, -0.2) is 0 Å². The number of carbonyl (C=O) groups is 2. The Balaban J connectivity index is 1.76. The molecular weight excluding hydrogens is 352 g/mol. The SMILES string of the molecule is NC(=O)C1CCN(C(=O)c2cc(Br)c3c(c2)OCCO3)CC1. The summed E-state index contributed by atoms with van der Waals surface area (Å²) in [7, 11) is 0. The van der Waals surface area contributed by atoms with Crippen molar-refractivity contribution in [2.45, 2.75) is 12.8 Å². The van der Waals surface area contributed by atoms with E-state index >= 15 is 0 Å². The molecule has 2 aliphatic rings. The standard InChI is InChI=1S/C15H17BrN2O4/c16-11-7-10(8-12-13(11)22-6-5-21-12)15(20)18-3-1-9(2-4-18)14(17)19/h7-9H,1-6H2,(H2,17,19). The van der Waals surface area contributed by atoms with E-state index in [1.165, 1.54) is 0 Å². The number of nitrogens with zero attached hydrogens (tertiary/aromatic N) is 1. The molecule has 2 heterocycles. The molecule has 1 saturated heterocycles. The normalized spacial score (nSPS) is 18.1. The van der Waals surface area contributed by atoms with Gasteiger partial charge in [0.2, 0.25) is 5.91 Å². The lowest BCUT2D eigenvalue weighted by atomic mass is 9.96. The topological polar surface area (TPSA) is 81.9 Å². The highest BCUT2D eigenvalue weighted by molar-refractivity contribution is 9.10. The summed E-state index contributed by atoms with van der Waals surface area (Å²) in [6, 6.07) is 3.46. The van der Waals surface area contributed by atoms with Gasteiger partial charge in [-0.3, -0.25) is 9.59 Å². The molecule has 7 heteroatoms. The van der Waals surface area contributed by atoms with Crippen LogP contribution in [0.3, 0.4) is 0 Å². The van der Waals surface area contributed by atoms with Crippen LogP contribution in [0.5, 0.6) is 11.5 Å². The summed E-state index contributed by atoms with van der Waals surface area (Å²) in [5, 5.41) is 0. The summed E-state index contributed by atoms with van der Waals surface area (Å²) in [6.07, 6.45) is 1.24. The molecule has 0 spiro atoms. The number of piperidine rings is 1. The average Bonchev–Trinajstić information content (AvgIpc) is 2.54. The fourth-order valence-corrected chi connectivity index (χ4v) is 3.34. The Morgan fingerprint density at radius 3 is 2.55 bits per heavy atom. The van der Waals surface area contributed by atoms with Crippen molar-refractivity contribution in [3.63, 3.8) is 0 Å². The van der Waals surface area contributed by atoms with Gasteiger partial charge in [-0.15, -0.1) is 0 Å². The third kappa shape index (κ3) is 2.90. The first-order valence-electron chi connectivity index (χ1n) is 7.24. The molecule has 0 saturated carbocycles. The number of likely N-dealkylation sites (tertiary alicyclic amines) is 1. The van der Waals surface area contributed by atoms with Crippen molar-refractivity contribution in [1.82, 2.24) is 4.90 Å². The van der Waals surface area contributed by atoms with Crippen LogP contribution in [-0.4, -0.2) is 43.0 Å². The monoisotopic (exact) mass is 368 g/mol. The molecule has 2 amide bonds. The molecule has 2 aliphatic heterocycles. The Morgan fingerprint density at radius 2 is 1.86 bits per heavy atom. The van der Waals surface area contributed by atoms with Gasteiger partial charge in [-0.2, -0.15) is 0 Å². The molecule has 2 N–H and O–H groups in total. The summed E-state index contributed by atoms with van der Waals surface area (Å²) in [5.41, 5.74) is 5.87. The lowest BCUT2D eigenvalue weighted by Gasteiger charge is -2.31. The second kappa shape index (κ2) is 6.16. The van der Waals surface area contributed by atoms with Crippen LogP contribution >= 0.6 is 15.9 Å². The van der Waals surface area contributed by atoms with Crippen molar-refractivity contribution in [3.8, 4) is 11.5 Å². The van der Waals surface area contributed by atoms with Gasteiger partial charge >= 0.3 is 0 Å². The van der Waals surface area contributed by atoms with Gasteiger partial charge in [-0.1, -0.05) is 0 Å².